The highest BCUT2D eigenvalue weighted by Crippen LogP contribution is 2.47. The van der Waals surface area contributed by atoms with Crippen molar-refractivity contribution in [3.63, 3.8) is 0 Å². The summed E-state index contributed by atoms with van der Waals surface area (Å²) in [5, 5.41) is 8.74. The molecule has 0 saturated carbocycles. The Morgan fingerprint density at radius 2 is 1.11 bits per heavy atom. The molecule has 6 aromatic carbocycles. The van der Waals surface area contributed by atoms with Crippen molar-refractivity contribution in [2.45, 2.75) is 9.79 Å². The molecule has 2 nitrogen and oxygen atoms in total. The summed E-state index contributed by atoms with van der Waals surface area (Å²) in [5.41, 5.74) is 4.24. The second-order valence-corrected chi connectivity index (χ2v) is 10.1. The van der Waals surface area contributed by atoms with Crippen LogP contribution in [0.25, 0.3) is 65.9 Å². The standard InChI is InChI=1S/C32H18N2S/c1-2-10-22-20(8-1)21-9-3-4-11-23(21)26-18-19(16-17-24(22)26)32-33-27-13-7-15-29-30(27)31(34-32)25-12-5-6-14-28(25)35-29/h1-18H. The molecule has 0 aliphatic carbocycles. The quantitative estimate of drug-likeness (QED) is 0.228. The fourth-order valence-electron chi connectivity index (χ4n) is 5.48. The zero-order chi connectivity index (χ0) is 22.9. The maximum atomic E-state index is 5.17. The molecule has 0 saturated heterocycles. The lowest BCUT2D eigenvalue weighted by Crippen LogP contribution is -2.00. The lowest BCUT2D eigenvalue weighted by molar-refractivity contribution is 1.20. The molecule has 35 heavy (non-hydrogen) atoms. The second kappa shape index (κ2) is 7.14. The van der Waals surface area contributed by atoms with Crippen molar-refractivity contribution >= 4 is 55.0 Å². The summed E-state index contributed by atoms with van der Waals surface area (Å²) in [5.74, 6) is 0.769. The first-order valence-corrected chi connectivity index (χ1v) is 12.6. The van der Waals surface area contributed by atoms with Gasteiger partial charge in [-0.1, -0.05) is 96.7 Å². The van der Waals surface area contributed by atoms with Crippen LogP contribution in [-0.4, -0.2) is 9.97 Å². The van der Waals surface area contributed by atoms with Gasteiger partial charge in [-0.15, -0.1) is 0 Å². The molecular weight excluding hydrogens is 444 g/mol. The first-order valence-electron chi connectivity index (χ1n) is 11.8. The lowest BCUT2D eigenvalue weighted by atomic mass is 9.93. The smallest absolute Gasteiger partial charge is 0.160 e. The number of fused-ring (bicyclic) bond motifs is 8. The molecule has 0 bridgehead atoms. The number of hydrogen-bond acceptors (Lipinski definition) is 3. The number of benzene rings is 6. The molecule has 0 radical (unpaired) electrons. The molecule has 162 valence electrons. The molecule has 3 heteroatoms. The van der Waals surface area contributed by atoms with Gasteiger partial charge in [-0.25, -0.2) is 9.97 Å². The van der Waals surface area contributed by atoms with Crippen molar-refractivity contribution < 1.29 is 0 Å². The molecular formula is C32H18N2S. The van der Waals surface area contributed by atoms with Crippen LogP contribution in [0.2, 0.25) is 0 Å². The highest BCUT2D eigenvalue weighted by Gasteiger charge is 2.22. The second-order valence-electron chi connectivity index (χ2n) is 9.00. The van der Waals surface area contributed by atoms with E-state index in [1.807, 2.05) is 0 Å². The van der Waals surface area contributed by atoms with Crippen LogP contribution in [0.4, 0.5) is 0 Å². The van der Waals surface area contributed by atoms with Gasteiger partial charge in [-0.3, -0.25) is 0 Å². The Morgan fingerprint density at radius 1 is 0.486 bits per heavy atom. The zero-order valence-electron chi connectivity index (χ0n) is 18.7. The van der Waals surface area contributed by atoms with Crippen molar-refractivity contribution in [1.29, 1.82) is 0 Å². The van der Waals surface area contributed by atoms with Gasteiger partial charge in [0, 0.05) is 26.3 Å². The highest BCUT2D eigenvalue weighted by atomic mass is 32.2. The van der Waals surface area contributed by atoms with Crippen molar-refractivity contribution in [3.8, 4) is 22.6 Å². The molecule has 1 aliphatic rings. The fraction of sp³-hybridized carbons (Fsp3) is 0. The van der Waals surface area contributed by atoms with Crippen LogP contribution in [0.5, 0.6) is 0 Å². The molecule has 1 aromatic heterocycles. The Labute approximate surface area is 206 Å². The Morgan fingerprint density at radius 3 is 1.89 bits per heavy atom. The SMILES string of the molecule is c1ccc2c(c1)Sc1cccc3nc(-c4ccc5c6ccccc6c6ccccc6c5c4)nc-2c13. The fourth-order valence-corrected chi connectivity index (χ4v) is 6.59. The minimum atomic E-state index is 0.769. The van der Waals surface area contributed by atoms with Gasteiger partial charge in [-0.2, -0.15) is 0 Å². The Hall–Kier alpha value is -4.21. The normalized spacial score (nSPS) is 12.5. The average molecular weight is 463 g/mol. The predicted molar refractivity (Wildman–Crippen MR) is 147 cm³/mol. The van der Waals surface area contributed by atoms with Crippen LogP contribution in [0.1, 0.15) is 0 Å². The van der Waals surface area contributed by atoms with E-state index in [2.05, 4.69) is 109 Å². The number of aromatic nitrogens is 2. The summed E-state index contributed by atoms with van der Waals surface area (Å²) in [4.78, 5) is 12.7. The van der Waals surface area contributed by atoms with Crippen molar-refractivity contribution in [1.82, 2.24) is 9.97 Å². The molecule has 7 aromatic rings. The maximum Gasteiger partial charge on any atom is 0.160 e. The Bertz CT molecular complexity index is 1960. The van der Waals surface area contributed by atoms with Crippen LogP contribution < -0.4 is 0 Å². The lowest BCUT2D eigenvalue weighted by Gasteiger charge is -2.19. The average Bonchev–Trinajstić information content (AvgIpc) is 2.93. The van der Waals surface area contributed by atoms with Gasteiger partial charge in [0.2, 0.25) is 0 Å². The summed E-state index contributed by atoms with van der Waals surface area (Å²) >= 11 is 1.80. The van der Waals surface area contributed by atoms with E-state index < -0.39 is 0 Å². The minimum absolute atomic E-state index is 0.769. The van der Waals surface area contributed by atoms with Crippen LogP contribution in [0.3, 0.4) is 0 Å². The van der Waals surface area contributed by atoms with Gasteiger partial charge in [0.05, 0.1) is 11.2 Å². The molecule has 0 atom stereocenters. The van der Waals surface area contributed by atoms with E-state index in [0.717, 1.165) is 28.0 Å². The first-order chi connectivity index (χ1) is 17.3. The first kappa shape index (κ1) is 19.1. The summed E-state index contributed by atoms with van der Waals surface area (Å²) in [6, 6.07) is 38.9. The molecule has 0 spiro atoms. The van der Waals surface area contributed by atoms with Gasteiger partial charge < -0.3 is 0 Å². The van der Waals surface area contributed by atoms with Crippen LogP contribution >= 0.6 is 11.8 Å². The molecule has 0 unspecified atom stereocenters. The maximum absolute atomic E-state index is 5.17. The van der Waals surface area contributed by atoms with Gasteiger partial charge in [0.1, 0.15) is 0 Å². The Balaban J connectivity index is 1.45. The van der Waals surface area contributed by atoms with E-state index in [1.54, 1.807) is 11.8 Å². The monoisotopic (exact) mass is 462 g/mol. The van der Waals surface area contributed by atoms with Crippen molar-refractivity contribution in [2.75, 3.05) is 0 Å². The molecule has 2 heterocycles. The topological polar surface area (TPSA) is 25.8 Å². The van der Waals surface area contributed by atoms with Crippen LogP contribution in [0.15, 0.2) is 119 Å². The summed E-state index contributed by atoms with van der Waals surface area (Å²) in [6.45, 7) is 0. The van der Waals surface area contributed by atoms with E-state index in [1.165, 1.54) is 47.7 Å². The third-order valence-electron chi connectivity index (χ3n) is 7.05. The summed E-state index contributed by atoms with van der Waals surface area (Å²) < 4.78 is 0. The predicted octanol–water partition coefficient (Wildman–Crippen LogP) is 8.89. The molecule has 1 aliphatic heterocycles. The molecule has 0 N–H and O–H groups in total. The highest BCUT2D eigenvalue weighted by molar-refractivity contribution is 7.99. The minimum Gasteiger partial charge on any atom is -0.228 e. The zero-order valence-corrected chi connectivity index (χ0v) is 19.5. The van der Waals surface area contributed by atoms with E-state index in [-0.39, 0.29) is 0 Å². The molecule has 0 amide bonds. The van der Waals surface area contributed by atoms with Crippen molar-refractivity contribution in [2.24, 2.45) is 0 Å². The molecule has 8 rings (SSSR count). The van der Waals surface area contributed by atoms with Crippen LogP contribution in [-0.2, 0) is 0 Å². The number of rotatable bonds is 1. The van der Waals surface area contributed by atoms with E-state index in [4.69, 9.17) is 9.97 Å². The Kier molecular flexibility index (Phi) is 3.91. The van der Waals surface area contributed by atoms with E-state index in [0.29, 0.717) is 0 Å². The summed E-state index contributed by atoms with van der Waals surface area (Å²) in [6.07, 6.45) is 0. The number of hydrogen-bond donors (Lipinski definition) is 0. The third-order valence-corrected chi connectivity index (χ3v) is 8.19. The van der Waals surface area contributed by atoms with Gasteiger partial charge in [0.15, 0.2) is 5.82 Å². The van der Waals surface area contributed by atoms with Gasteiger partial charge in [0.25, 0.3) is 0 Å². The van der Waals surface area contributed by atoms with Crippen molar-refractivity contribution in [3.05, 3.63) is 109 Å². The largest absolute Gasteiger partial charge is 0.228 e. The summed E-state index contributed by atoms with van der Waals surface area (Å²) in [7, 11) is 0. The van der Waals surface area contributed by atoms with E-state index in [9.17, 15) is 0 Å². The van der Waals surface area contributed by atoms with E-state index >= 15 is 0 Å². The molecule has 0 fully saturated rings. The van der Waals surface area contributed by atoms with Gasteiger partial charge in [-0.05, 0) is 56.6 Å². The van der Waals surface area contributed by atoms with Crippen LogP contribution in [0, 0.1) is 0 Å². The third kappa shape index (κ3) is 2.73. The number of nitrogens with zero attached hydrogens (tertiary/aromatic N) is 2. The van der Waals surface area contributed by atoms with Gasteiger partial charge >= 0.3 is 0 Å².